The van der Waals surface area contributed by atoms with Gasteiger partial charge in [-0.1, -0.05) is 6.92 Å². The van der Waals surface area contributed by atoms with E-state index < -0.39 is 6.04 Å². The van der Waals surface area contributed by atoms with Crippen molar-refractivity contribution >= 4 is 39.1 Å². The van der Waals surface area contributed by atoms with Crippen LogP contribution >= 0.6 is 27.3 Å². The van der Waals surface area contributed by atoms with Crippen molar-refractivity contribution in [2.45, 2.75) is 51.6 Å². The first-order valence-electron chi connectivity index (χ1n) is 7.71. The Morgan fingerprint density at radius 3 is 2.50 bits per heavy atom. The van der Waals surface area contributed by atoms with Crippen LogP contribution in [-0.4, -0.2) is 35.8 Å². The third-order valence-corrected chi connectivity index (χ3v) is 6.02. The topological polar surface area (TPSA) is 49.4 Å². The molecule has 1 aliphatic rings. The predicted molar refractivity (Wildman–Crippen MR) is 93.1 cm³/mol. The number of thiophene rings is 1. The van der Waals surface area contributed by atoms with Crippen molar-refractivity contribution < 1.29 is 9.59 Å². The lowest BCUT2D eigenvalue weighted by Gasteiger charge is -2.35. The van der Waals surface area contributed by atoms with Gasteiger partial charge in [0.15, 0.2) is 0 Å². The highest BCUT2D eigenvalue weighted by atomic mass is 79.9. The van der Waals surface area contributed by atoms with Crippen LogP contribution in [0.15, 0.2) is 15.9 Å². The van der Waals surface area contributed by atoms with Gasteiger partial charge in [-0.05, 0) is 66.6 Å². The first-order valence-corrected chi connectivity index (χ1v) is 9.32. The van der Waals surface area contributed by atoms with Gasteiger partial charge in [0.1, 0.15) is 6.04 Å². The number of carbonyl (C=O) groups excluding carboxylic acids is 2. The summed E-state index contributed by atoms with van der Waals surface area (Å²) >= 11 is 4.71. The summed E-state index contributed by atoms with van der Waals surface area (Å²) in [7, 11) is 1.85. The molecule has 0 spiro atoms. The van der Waals surface area contributed by atoms with E-state index in [1.54, 1.807) is 13.0 Å². The summed E-state index contributed by atoms with van der Waals surface area (Å²) in [5.74, 6) is 0.555. The molecule has 0 aromatic carbocycles. The molecule has 1 saturated carbocycles. The van der Waals surface area contributed by atoms with Crippen LogP contribution in [0.3, 0.4) is 0 Å². The number of amides is 2. The Bertz CT molecular complexity index is 538. The van der Waals surface area contributed by atoms with Crippen molar-refractivity contribution in [1.82, 2.24) is 10.2 Å². The fourth-order valence-electron chi connectivity index (χ4n) is 2.88. The Morgan fingerprint density at radius 1 is 1.32 bits per heavy atom. The number of likely N-dealkylation sites (N-methyl/N-ethyl adjacent to an activating group) is 1. The second kappa shape index (κ2) is 7.59. The van der Waals surface area contributed by atoms with Gasteiger partial charge in [-0.3, -0.25) is 9.59 Å². The smallest absolute Gasteiger partial charge is 0.262 e. The summed E-state index contributed by atoms with van der Waals surface area (Å²) in [6.07, 6.45) is 4.46. The molecule has 1 N–H and O–H groups in total. The minimum atomic E-state index is -0.502. The molecule has 0 radical (unpaired) electrons. The molecule has 1 fully saturated rings. The zero-order valence-electron chi connectivity index (χ0n) is 13.3. The molecule has 4 nitrogen and oxygen atoms in total. The Morgan fingerprint density at radius 2 is 1.95 bits per heavy atom. The third kappa shape index (κ3) is 4.32. The lowest BCUT2D eigenvalue weighted by molar-refractivity contribution is -0.134. The number of nitrogens with zero attached hydrogens (tertiary/aromatic N) is 1. The lowest BCUT2D eigenvalue weighted by atomic mass is 9.86. The third-order valence-electron chi connectivity index (χ3n) is 4.40. The van der Waals surface area contributed by atoms with Crippen LogP contribution in [0.5, 0.6) is 0 Å². The van der Waals surface area contributed by atoms with Crippen LogP contribution in [0.25, 0.3) is 0 Å². The molecule has 2 rings (SSSR count). The predicted octanol–water partition coefficient (Wildman–Crippen LogP) is 3.67. The van der Waals surface area contributed by atoms with Crippen LogP contribution in [0.2, 0.25) is 0 Å². The minimum Gasteiger partial charge on any atom is -0.341 e. The molecule has 22 heavy (non-hydrogen) atoms. The van der Waals surface area contributed by atoms with E-state index in [0.29, 0.717) is 10.9 Å². The van der Waals surface area contributed by atoms with Crippen LogP contribution in [0.1, 0.15) is 49.2 Å². The van der Waals surface area contributed by atoms with Crippen LogP contribution < -0.4 is 5.32 Å². The average Bonchev–Trinajstić information content (AvgIpc) is 2.93. The molecule has 0 bridgehead atoms. The molecule has 1 atom stereocenters. The van der Waals surface area contributed by atoms with Crippen LogP contribution in [0.4, 0.5) is 0 Å². The van der Waals surface area contributed by atoms with Crippen molar-refractivity contribution in [3.63, 3.8) is 0 Å². The molecule has 1 unspecified atom stereocenters. The highest BCUT2D eigenvalue weighted by Gasteiger charge is 2.28. The highest BCUT2D eigenvalue weighted by molar-refractivity contribution is 9.11. The summed E-state index contributed by atoms with van der Waals surface area (Å²) in [6, 6.07) is 3.39. The fourth-order valence-corrected chi connectivity index (χ4v) is 4.17. The molecule has 0 saturated heterocycles. The first kappa shape index (κ1) is 17.5. The number of nitrogens with one attached hydrogen (secondary N) is 1. The Hall–Kier alpha value is -0.880. The maximum Gasteiger partial charge on any atom is 0.262 e. The number of halogens is 1. The van der Waals surface area contributed by atoms with E-state index in [1.165, 1.54) is 24.2 Å². The summed E-state index contributed by atoms with van der Waals surface area (Å²) in [5, 5.41) is 2.80. The average molecular weight is 387 g/mol. The Labute approximate surface area is 144 Å². The number of carbonyl (C=O) groups is 2. The van der Waals surface area contributed by atoms with Gasteiger partial charge < -0.3 is 10.2 Å². The van der Waals surface area contributed by atoms with Crippen molar-refractivity contribution in [1.29, 1.82) is 0 Å². The summed E-state index contributed by atoms with van der Waals surface area (Å²) < 4.78 is 0.907. The van der Waals surface area contributed by atoms with Gasteiger partial charge in [-0.15, -0.1) is 11.3 Å². The zero-order valence-corrected chi connectivity index (χ0v) is 15.7. The van der Waals surface area contributed by atoms with Gasteiger partial charge in [0.05, 0.1) is 8.66 Å². The van der Waals surface area contributed by atoms with E-state index in [1.807, 2.05) is 18.0 Å². The van der Waals surface area contributed by atoms with Crippen molar-refractivity contribution in [3.8, 4) is 0 Å². The van der Waals surface area contributed by atoms with E-state index in [2.05, 4.69) is 28.2 Å². The monoisotopic (exact) mass is 386 g/mol. The molecule has 122 valence electrons. The number of rotatable bonds is 4. The van der Waals surface area contributed by atoms with Gasteiger partial charge in [0.2, 0.25) is 5.91 Å². The maximum atomic E-state index is 12.5. The second-order valence-corrected chi connectivity index (χ2v) is 8.62. The number of hydrogen-bond donors (Lipinski definition) is 1. The molecule has 6 heteroatoms. The zero-order chi connectivity index (χ0) is 16.3. The molecule has 0 aliphatic heterocycles. The Balaban J connectivity index is 1.89. The number of hydrogen-bond acceptors (Lipinski definition) is 3. The van der Waals surface area contributed by atoms with E-state index >= 15 is 0 Å². The normalized spacial score (nSPS) is 22.9. The van der Waals surface area contributed by atoms with Gasteiger partial charge in [0.25, 0.3) is 5.91 Å². The maximum absolute atomic E-state index is 12.5. The molecule has 2 amide bonds. The molecule has 1 aliphatic carbocycles. The second-order valence-electron chi connectivity index (χ2n) is 6.16. The van der Waals surface area contributed by atoms with E-state index in [4.69, 9.17) is 0 Å². The van der Waals surface area contributed by atoms with Gasteiger partial charge in [-0.2, -0.15) is 0 Å². The summed E-state index contributed by atoms with van der Waals surface area (Å²) in [5.41, 5.74) is 0. The minimum absolute atomic E-state index is 0.0106. The van der Waals surface area contributed by atoms with Crippen molar-refractivity contribution in [2.24, 2.45) is 5.92 Å². The van der Waals surface area contributed by atoms with Crippen molar-refractivity contribution in [2.75, 3.05) is 7.05 Å². The van der Waals surface area contributed by atoms with Crippen LogP contribution in [-0.2, 0) is 4.79 Å². The van der Waals surface area contributed by atoms with E-state index in [-0.39, 0.29) is 11.8 Å². The quantitative estimate of drug-likeness (QED) is 0.857. The highest BCUT2D eigenvalue weighted by Crippen LogP contribution is 2.27. The van der Waals surface area contributed by atoms with Gasteiger partial charge >= 0.3 is 0 Å². The van der Waals surface area contributed by atoms with Gasteiger partial charge in [0, 0.05) is 13.1 Å². The SMILES string of the molecule is CC1CCC(N(C)C(=O)C(C)NC(=O)c2ccc(Br)s2)CC1. The summed E-state index contributed by atoms with van der Waals surface area (Å²) in [6.45, 7) is 4.02. The first-order chi connectivity index (χ1) is 10.4. The molecule has 1 aromatic rings. The lowest BCUT2D eigenvalue weighted by Crippen LogP contribution is -2.49. The summed E-state index contributed by atoms with van der Waals surface area (Å²) in [4.78, 5) is 27.1. The molecular formula is C16H23BrN2O2S. The molecule has 1 aromatic heterocycles. The van der Waals surface area contributed by atoms with Crippen LogP contribution in [0, 0.1) is 5.92 Å². The standard InChI is InChI=1S/C16H23BrN2O2S/c1-10-4-6-12(7-5-10)19(3)16(21)11(2)18-15(20)13-8-9-14(17)22-13/h8-12H,4-7H2,1-3H3,(H,18,20). The fraction of sp³-hybridized carbons (Fsp3) is 0.625. The molecule has 1 heterocycles. The van der Waals surface area contributed by atoms with E-state index in [0.717, 1.165) is 22.5 Å². The van der Waals surface area contributed by atoms with Crippen molar-refractivity contribution in [3.05, 3.63) is 20.8 Å². The van der Waals surface area contributed by atoms with E-state index in [9.17, 15) is 9.59 Å². The Kier molecular flexibility index (Phi) is 6.03. The molecular weight excluding hydrogens is 364 g/mol. The van der Waals surface area contributed by atoms with Gasteiger partial charge in [-0.25, -0.2) is 0 Å². The largest absolute Gasteiger partial charge is 0.341 e.